The van der Waals surface area contributed by atoms with Crippen molar-refractivity contribution < 1.29 is 4.42 Å². The predicted octanol–water partition coefficient (Wildman–Crippen LogP) is 15.9. The molecule has 1 spiro atoms. The zero-order valence-corrected chi connectivity index (χ0v) is 33.2. The first kappa shape index (κ1) is 34.0. The van der Waals surface area contributed by atoms with Crippen LogP contribution in [0.25, 0.3) is 77.2 Å². The van der Waals surface area contributed by atoms with Gasteiger partial charge in [0.2, 0.25) is 0 Å². The number of furan rings is 1. The lowest BCUT2D eigenvalue weighted by Gasteiger charge is -2.30. The van der Waals surface area contributed by atoms with E-state index in [0.717, 1.165) is 44.4 Å². The van der Waals surface area contributed by atoms with Crippen molar-refractivity contribution in [2.75, 3.05) is 4.90 Å². The van der Waals surface area contributed by atoms with Crippen LogP contribution < -0.4 is 4.90 Å². The van der Waals surface area contributed by atoms with Gasteiger partial charge in [0, 0.05) is 22.1 Å². The van der Waals surface area contributed by atoms with E-state index >= 15 is 0 Å². The van der Waals surface area contributed by atoms with Crippen molar-refractivity contribution in [1.82, 2.24) is 0 Å². The summed E-state index contributed by atoms with van der Waals surface area (Å²) in [5.74, 6) is 0. The summed E-state index contributed by atoms with van der Waals surface area (Å²) in [5.41, 5.74) is 20.1. The molecule has 0 unspecified atom stereocenters. The van der Waals surface area contributed by atoms with Crippen molar-refractivity contribution in [1.29, 1.82) is 0 Å². The van der Waals surface area contributed by atoms with Crippen molar-refractivity contribution in [3.63, 3.8) is 0 Å². The molecule has 0 saturated heterocycles. The van der Waals surface area contributed by atoms with Crippen molar-refractivity contribution in [2.24, 2.45) is 0 Å². The molecule has 1 heterocycles. The van der Waals surface area contributed by atoms with Gasteiger partial charge in [0.25, 0.3) is 0 Å². The zero-order chi connectivity index (χ0) is 40.1. The minimum atomic E-state index is -0.369. The fourth-order valence-electron chi connectivity index (χ4n) is 10.8. The van der Waals surface area contributed by atoms with Gasteiger partial charge >= 0.3 is 0 Å². The van der Waals surface area contributed by atoms with Crippen LogP contribution in [0.5, 0.6) is 0 Å². The first-order chi connectivity index (χ1) is 30.3. The Bertz CT molecular complexity index is 3420. The number of hydrogen-bond acceptors (Lipinski definition) is 2. The van der Waals surface area contributed by atoms with Gasteiger partial charge in [-0.3, -0.25) is 0 Å². The van der Waals surface area contributed by atoms with Crippen LogP contribution in [0.2, 0.25) is 0 Å². The van der Waals surface area contributed by atoms with E-state index in [-0.39, 0.29) is 5.41 Å². The highest BCUT2D eigenvalue weighted by molar-refractivity contribution is 6.22. The Hall–Kier alpha value is -7.94. The van der Waals surface area contributed by atoms with E-state index < -0.39 is 0 Å². The average molecular weight is 776 g/mol. The van der Waals surface area contributed by atoms with Crippen molar-refractivity contribution in [3.8, 4) is 44.5 Å². The van der Waals surface area contributed by atoms with Crippen LogP contribution in [0.15, 0.2) is 229 Å². The summed E-state index contributed by atoms with van der Waals surface area (Å²) in [6.07, 6.45) is 0. The molecule has 2 heteroatoms. The lowest BCUT2D eigenvalue weighted by atomic mass is 9.70. The quantitative estimate of drug-likeness (QED) is 0.173. The monoisotopic (exact) mass is 775 g/mol. The molecule has 10 aromatic carbocycles. The summed E-state index contributed by atoms with van der Waals surface area (Å²) in [4.78, 5) is 2.34. The second-order valence-electron chi connectivity index (χ2n) is 16.3. The largest absolute Gasteiger partial charge is 0.455 e. The molecule has 1 aromatic heterocycles. The van der Waals surface area contributed by atoms with E-state index in [1.165, 1.54) is 72.1 Å². The standard InChI is InChI=1S/C59H37NO/c1-3-16-41(17-4-1)60(42-18-5-2-6-19-42)55-28-15-29-56-57(55)50-37-49(43-20-7-8-24-48(43)58(50)61-56)39-32-30-38(31-33-39)40-34-35-47-46-23-11-14-27-53(46)59(54(47)36-40)51-25-12-9-21-44(51)45-22-10-13-26-52(45)59/h1-37H. The first-order valence-electron chi connectivity index (χ1n) is 21.1. The Morgan fingerprint density at radius 3 is 1.46 bits per heavy atom. The third kappa shape index (κ3) is 4.79. The van der Waals surface area contributed by atoms with Crippen LogP contribution in [0.1, 0.15) is 22.3 Å². The van der Waals surface area contributed by atoms with Crippen LogP contribution in [0.4, 0.5) is 17.1 Å². The molecule has 61 heavy (non-hydrogen) atoms. The highest BCUT2D eigenvalue weighted by Crippen LogP contribution is 2.63. The van der Waals surface area contributed by atoms with E-state index in [4.69, 9.17) is 4.42 Å². The highest BCUT2D eigenvalue weighted by Gasteiger charge is 2.51. The van der Waals surface area contributed by atoms with E-state index in [1.807, 2.05) is 0 Å². The second-order valence-corrected chi connectivity index (χ2v) is 16.3. The number of fused-ring (bicyclic) bond motifs is 15. The summed E-state index contributed by atoms with van der Waals surface area (Å²) >= 11 is 0. The molecule has 13 rings (SSSR count). The lowest BCUT2D eigenvalue weighted by molar-refractivity contribution is 0.672. The van der Waals surface area contributed by atoms with Crippen molar-refractivity contribution in [3.05, 3.63) is 247 Å². The number of benzene rings is 10. The molecule has 0 bridgehead atoms. The number of para-hydroxylation sites is 2. The van der Waals surface area contributed by atoms with Gasteiger partial charge in [0.1, 0.15) is 11.2 Å². The van der Waals surface area contributed by atoms with Gasteiger partial charge in [0.05, 0.1) is 16.5 Å². The molecule has 0 aliphatic heterocycles. The summed E-state index contributed by atoms with van der Waals surface area (Å²) in [6.45, 7) is 0. The first-order valence-corrected chi connectivity index (χ1v) is 21.1. The molecule has 2 aliphatic rings. The molecule has 0 fully saturated rings. The van der Waals surface area contributed by atoms with Gasteiger partial charge in [0.15, 0.2) is 0 Å². The average Bonchev–Trinajstić information content (AvgIpc) is 3.97. The molecule has 0 atom stereocenters. The Balaban J connectivity index is 0.971. The summed E-state index contributed by atoms with van der Waals surface area (Å²) in [5, 5.41) is 4.47. The van der Waals surface area contributed by atoms with Gasteiger partial charge in [-0.05, 0) is 121 Å². The molecular formula is C59H37NO. The normalized spacial score (nSPS) is 13.0. The van der Waals surface area contributed by atoms with Gasteiger partial charge < -0.3 is 9.32 Å². The van der Waals surface area contributed by atoms with Gasteiger partial charge in [-0.25, -0.2) is 0 Å². The number of nitrogens with zero attached hydrogens (tertiary/aromatic N) is 1. The Morgan fingerprint density at radius 1 is 0.328 bits per heavy atom. The van der Waals surface area contributed by atoms with E-state index in [9.17, 15) is 0 Å². The van der Waals surface area contributed by atoms with Gasteiger partial charge in [-0.15, -0.1) is 0 Å². The second kappa shape index (κ2) is 13.0. The molecule has 284 valence electrons. The minimum absolute atomic E-state index is 0.369. The van der Waals surface area contributed by atoms with Crippen molar-refractivity contribution >= 4 is 49.8 Å². The molecule has 0 radical (unpaired) electrons. The third-order valence-electron chi connectivity index (χ3n) is 13.3. The van der Waals surface area contributed by atoms with Crippen LogP contribution in [-0.4, -0.2) is 0 Å². The lowest BCUT2D eigenvalue weighted by Crippen LogP contribution is -2.25. The van der Waals surface area contributed by atoms with Gasteiger partial charge in [-0.2, -0.15) is 0 Å². The maximum Gasteiger partial charge on any atom is 0.143 e. The Labute approximate surface area is 354 Å². The summed E-state index contributed by atoms with van der Waals surface area (Å²) in [6, 6.07) is 82.0. The molecule has 0 N–H and O–H groups in total. The van der Waals surface area contributed by atoms with E-state index in [0.29, 0.717) is 0 Å². The van der Waals surface area contributed by atoms with Crippen LogP contribution in [0.3, 0.4) is 0 Å². The molecule has 11 aromatic rings. The highest BCUT2D eigenvalue weighted by atomic mass is 16.3. The number of rotatable bonds is 5. The van der Waals surface area contributed by atoms with Crippen LogP contribution in [0, 0.1) is 0 Å². The van der Waals surface area contributed by atoms with Gasteiger partial charge in [-0.1, -0.05) is 176 Å². The summed E-state index contributed by atoms with van der Waals surface area (Å²) < 4.78 is 6.81. The topological polar surface area (TPSA) is 16.4 Å². The summed E-state index contributed by atoms with van der Waals surface area (Å²) in [7, 11) is 0. The fraction of sp³-hybridized carbons (Fsp3) is 0.0169. The van der Waals surface area contributed by atoms with E-state index in [2.05, 4.69) is 229 Å². The third-order valence-corrected chi connectivity index (χ3v) is 13.3. The maximum atomic E-state index is 6.81. The fourth-order valence-corrected chi connectivity index (χ4v) is 10.8. The SMILES string of the molecule is c1ccc(N(c2ccccc2)c2cccc3oc4c5ccccc5c(-c5ccc(-c6ccc7c(c6)C6(c8ccccc8-c8ccccc86)c6ccccc6-7)cc5)cc4c23)cc1. The molecule has 0 saturated carbocycles. The molecular weight excluding hydrogens is 739 g/mol. The van der Waals surface area contributed by atoms with Crippen LogP contribution in [-0.2, 0) is 5.41 Å². The number of anilines is 3. The zero-order valence-electron chi connectivity index (χ0n) is 33.2. The molecule has 2 aliphatic carbocycles. The molecule has 0 amide bonds. The minimum Gasteiger partial charge on any atom is -0.455 e. The van der Waals surface area contributed by atoms with E-state index in [1.54, 1.807) is 0 Å². The maximum absolute atomic E-state index is 6.81. The molecule has 2 nitrogen and oxygen atoms in total. The Kier molecular flexibility index (Phi) is 7.26. The van der Waals surface area contributed by atoms with Crippen LogP contribution >= 0.6 is 0 Å². The smallest absolute Gasteiger partial charge is 0.143 e. The number of hydrogen-bond donors (Lipinski definition) is 0. The predicted molar refractivity (Wildman–Crippen MR) is 253 cm³/mol. The Morgan fingerprint density at radius 2 is 0.836 bits per heavy atom. The van der Waals surface area contributed by atoms with Crippen molar-refractivity contribution in [2.45, 2.75) is 5.41 Å².